The van der Waals surface area contributed by atoms with Crippen LogP contribution in [0.2, 0.25) is 0 Å². The van der Waals surface area contributed by atoms with E-state index >= 15 is 0 Å². The third-order valence-electron chi connectivity index (χ3n) is 7.24. The number of piperazine rings is 1. The summed E-state index contributed by atoms with van der Waals surface area (Å²) in [6.07, 6.45) is 0.483. The van der Waals surface area contributed by atoms with Crippen molar-refractivity contribution in [2.24, 2.45) is 5.92 Å². The van der Waals surface area contributed by atoms with Crippen LogP contribution in [0.5, 0.6) is 0 Å². The van der Waals surface area contributed by atoms with Crippen molar-refractivity contribution >= 4 is 24.0 Å². The van der Waals surface area contributed by atoms with Gasteiger partial charge in [0.15, 0.2) is 11.9 Å². The normalized spacial score (nSPS) is 27.2. The zero-order valence-corrected chi connectivity index (χ0v) is 22.3. The average molecular weight is 512 g/mol. The van der Waals surface area contributed by atoms with Crippen LogP contribution >= 0.6 is 0 Å². The molecule has 3 heterocycles. The number of carbonyl (C=O) groups excluding carboxylic acids is 3. The average Bonchev–Trinajstić information content (AvgIpc) is 3.11. The number of nitrogens with zero attached hydrogens (tertiary/aromatic N) is 3. The molecule has 0 radical (unpaired) electrons. The summed E-state index contributed by atoms with van der Waals surface area (Å²) in [7, 11) is 3.21. The highest BCUT2D eigenvalue weighted by atomic mass is 16.6. The zero-order chi connectivity index (χ0) is 26.5. The number of alkyl carbamates (subject to hydrolysis) is 1. The molecule has 0 bridgehead atoms. The van der Waals surface area contributed by atoms with Gasteiger partial charge in [-0.1, -0.05) is 0 Å². The second-order valence-electron chi connectivity index (χ2n) is 11.1. The van der Waals surface area contributed by atoms with Crippen molar-refractivity contribution < 1.29 is 33.1 Å². The fourth-order valence-corrected chi connectivity index (χ4v) is 5.35. The van der Waals surface area contributed by atoms with Crippen LogP contribution in [0.3, 0.4) is 0 Å². The van der Waals surface area contributed by atoms with Crippen molar-refractivity contribution in [3.63, 3.8) is 0 Å². The molecule has 3 atom stereocenters. The Kier molecular flexibility index (Phi) is 9.31. The fourth-order valence-electron chi connectivity index (χ4n) is 5.35. The minimum atomic E-state index is -0.691. The number of carbonyl (C=O) groups is 3. The number of ether oxygens (including phenoxy) is 3. The Morgan fingerprint density at radius 2 is 1.86 bits per heavy atom. The Bertz CT molecular complexity index is 818. The second-order valence-corrected chi connectivity index (χ2v) is 11.1. The molecular formula is C24H43N6O6+. The highest BCUT2D eigenvalue weighted by Gasteiger charge is 2.57. The van der Waals surface area contributed by atoms with E-state index in [0.717, 1.165) is 39.0 Å². The van der Waals surface area contributed by atoms with E-state index in [0.29, 0.717) is 32.6 Å². The van der Waals surface area contributed by atoms with E-state index in [9.17, 15) is 14.4 Å². The van der Waals surface area contributed by atoms with Crippen molar-refractivity contribution in [2.75, 3.05) is 66.5 Å². The van der Waals surface area contributed by atoms with Gasteiger partial charge in [0.2, 0.25) is 6.23 Å². The maximum Gasteiger partial charge on any atom is 0.518 e. The van der Waals surface area contributed by atoms with Crippen molar-refractivity contribution in [2.45, 2.75) is 57.9 Å². The standard InChI is InChI=1S/C24H42N6O6/c1-24(2,3)36-22(32)27-21(25)20(17-6-9-26-10-7-17)30(4)16-18(35-23(30)33)29-14-12-28(13-15-29)11-8-19(31)34-5/h17-18,20,26H,6-16H2,1-5H3,(H-,25,27,32)/p+1. The predicted molar refractivity (Wildman–Crippen MR) is 132 cm³/mol. The van der Waals surface area contributed by atoms with Gasteiger partial charge in [-0.3, -0.25) is 20.4 Å². The maximum atomic E-state index is 13.3. The first-order chi connectivity index (χ1) is 16.9. The predicted octanol–water partition coefficient (Wildman–Crippen LogP) is 0.960. The van der Waals surface area contributed by atoms with Crippen molar-refractivity contribution in [1.29, 1.82) is 5.41 Å². The van der Waals surface area contributed by atoms with Gasteiger partial charge in [-0.05, 0) is 46.7 Å². The summed E-state index contributed by atoms with van der Waals surface area (Å²) in [5, 5.41) is 14.8. The van der Waals surface area contributed by atoms with Gasteiger partial charge >= 0.3 is 18.2 Å². The second kappa shape index (κ2) is 11.8. The van der Waals surface area contributed by atoms with E-state index in [-0.39, 0.29) is 28.3 Å². The van der Waals surface area contributed by atoms with Crippen molar-refractivity contribution in [3.05, 3.63) is 0 Å². The van der Waals surface area contributed by atoms with Gasteiger partial charge in [-0.15, -0.1) is 0 Å². The molecule has 204 valence electrons. The van der Waals surface area contributed by atoms with E-state index in [2.05, 4.69) is 20.4 Å². The third-order valence-corrected chi connectivity index (χ3v) is 7.24. The zero-order valence-electron chi connectivity index (χ0n) is 22.3. The number of rotatable bonds is 7. The van der Waals surface area contributed by atoms with Gasteiger partial charge in [-0.2, -0.15) is 4.79 Å². The molecule has 0 aromatic rings. The van der Waals surface area contributed by atoms with Crippen LogP contribution in [0, 0.1) is 11.3 Å². The molecule has 0 aromatic carbocycles. The highest BCUT2D eigenvalue weighted by Crippen LogP contribution is 2.33. The van der Waals surface area contributed by atoms with Crippen LogP contribution in [-0.4, -0.2) is 123 Å². The van der Waals surface area contributed by atoms with Crippen LogP contribution in [-0.2, 0) is 19.0 Å². The first-order valence-electron chi connectivity index (χ1n) is 12.8. The quantitative estimate of drug-likeness (QED) is 0.150. The third kappa shape index (κ3) is 7.15. The van der Waals surface area contributed by atoms with Gasteiger partial charge in [0.1, 0.15) is 12.1 Å². The van der Waals surface area contributed by atoms with E-state index < -0.39 is 24.0 Å². The number of piperidine rings is 1. The molecule has 2 amide bonds. The topological polar surface area (TPSA) is 133 Å². The lowest BCUT2D eigenvalue weighted by molar-refractivity contribution is -0.844. The van der Waals surface area contributed by atoms with E-state index in [1.165, 1.54) is 7.11 Å². The van der Waals surface area contributed by atoms with Crippen LogP contribution in [0.25, 0.3) is 0 Å². The molecule has 0 aromatic heterocycles. The molecule has 0 aliphatic carbocycles. The Hall–Kier alpha value is -2.28. The van der Waals surface area contributed by atoms with Crippen molar-refractivity contribution in [3.8, 4) is 0 Å². The Labute approximate surface area is 213 Å². The number of quaternary nitrogens is 1. The minimum Gasteiger partial charge on any atom is -0.469 e. The monoisotopic (exact) mass is 511 g/mol. The van der Waals surface area contributed by atoms with Crippen LogP contribution in [0.1, 0.15) is 40.0 Å². The number of hydrogen-bond acceptors (Lipinski definition) is 10. The van der Waals surface area contributed by atoms with E-state index in [4.69, 9.17) is 19.6 Å². The molecule has 0 saturated carbocycles. The largest absolute Gasteiger partial charge is 0.518 e. The fraction of sp³-hybridized carbons (Fsp3) is 0.833. The highest BCUT2D eigenvalue weighted by molar-refractivity contribution is 5.97. The lowest BCUT2D eigenvalue weighted by atomic mass is 9.87. The summed E-state index contributed by atoms with van der Waals surface area (Å²) in [4.78, 5) is 41.6. The molecule has 3 unspecified atom stereocenters. The molecule has 3 saturated heterocycles. The molecule has 36 heavy (non-hydrogen) atoms. The summed E-state index contributed by atoms with van der Waals surface area (Å²) in [5.74, 6) is -0.189. The van der Waals surface area contributed by atoms with Gasteiger partial charge in [0, 0.05) is 38.6 Å². The molecule has 12 heteroatoms. The van der Waals surface area contributed by atoms with Crippen LogP contribution in [0.4, 0.5) is 9.59 Å². The Balaban J connectivity index is 1.68. The molecule has 3 fully saturated rings. The van der Waals surface area contributed by atoms with Gasteiger partial charge in [-0.25, -0.2) is 9.28 Å². The number of esters is 1. The number of cyclic esters (lactones) is 1. The summed E-state index contributed by atoms with van der Waals surface area (Å²) in [5.41, 5.74) is -0.691. The van der Waals surface area contributed by atoms with Crippen LogP contribution < -0.4 is 10.6 Å². The lowest BCUT2D eigenvalue weighted by Crippen LogP contribution is -2.64. The first-order valence-corrected chi connectivity index (χ1v) is 12.8. The number of amides is 2. The molecule has 3 rings (SSSR count). The van der Waals surface area contributed by atoms with Crippen LogP contribution in [0.15, 0.2) is 0 Å². The maximum absolute atomic E-state index is 13.3. The summed E-state index contributed by atoms with van der Waals surface area (Å²) in [6.45, 7) is 10.9. The molecule has 0 spiro atoms. The Morgan fingerprint density at radius 3 is 2.44 bits per heavy atom. The van der Waals surface area contributed by atoms with Gasteiger partial charge in [0.25, 0.3) is 0 Å². The number of methoxy groups -OCH3 is 1. The van der Waals surface area contributed by atoms with Crippen molar-refractivity contribution in [1.82, 2.24) is 20.4 Å². The summed E-state index contributed by atoms with van der Waals surface area (Å²) >= 11 is 0. The molecule has 12 nitrogen and oxygen atoms in total. The van der Waals surface area contributed by atoms with Gasteiger partial charge < -0.3 is 24.4 Å². The minimum absolute atomic E-state index is 0.0103. The summed E-state index contributed by atoms with van der Waals surface area (Å²) < 4.78 is 15.9. The number of amidine groups is 1. The van der Waals surface area contributed by atoms with E-state index in [1.54, 1.807) is 20.8 Å². The molecule has 3 aliphatic rings. The molecule has 3 N–H and O–H groups in total. The SMILES string of the molecule is COC(=O)CCN1CCN(C2C[N+](C)(C(C(=N)NC(=O)OC(C)(C)C)C3CCNCC3)C(=O)O2)CC1. The lowest BCUT2D eigenvalue weighted by Gasteiger charge is -2.40. The summed E-state index contributed by atoms with van der Waals surface area (Å²) in [6, 6.07) is -0.543. The molecular weight excluding hydrogens is 468 g/mol. The smallest absolute Gasteiger partial charge is 0.469 e. The number of likely N-dealkylation sites (N-methyl/N-ethyl adjacent to an activating group) is 1. The molecule has 3 aliphatic heterocycles. The van der Waals surface area contributed by atoms with E-state index in [1.807, 2.05) is 7.05 Å². The number of hydrogen-bond donors (Lipinski definition) is 3. The Morgan fingerprint density at radius 1 is 1.22 bits per heavy atom. The number of nitrogens with one attached hydrogen (secondary N) is 3. The first kappa shape index (κ1) is 28.3. The van der Waals surface area contributed by atoms with Gasteiger partial charge in [0.05, 0.1) is 20.6 Å².